The van der Waals surface area contributed by atoms with Crippen molar-refractivity contribution in [1.29, 1.82) is 0 Å². The second kappa shape index (κ2) is 7.28. The number of carbonyl (C=O) groups excluding carboxylic acids is 1. The Bertz CT molecular complexity index is 553. The number of amides is 1. The molecule has 0 bridgehead atoms. The van der Waals surface area contributed by atoms with Crippen molar-refractivity contribution in [2.24, 2.45) is 0 Å². The highest BCUT2D eigenvalue weighted by Crippen LogP contribution is 2.27. The lowest BCUT2D eigenvalue weighted by atomic mass is 10.1. The molecule has 0 radical (unpaired) electrons. The minimum absolute atomic E-state index is 0.538. The van der Waals surface area contributed by atoms with Gasteiger partial charge in [-0.2, -0.15) is 0 Å². The molecule has 0 aliphatic carbocycles. The van der Waals surface area contributed by atoms with Crippen molar-refractivity contribution in [3.05, 3.63) is 48.2 Å². The maximum Gasteiger partial charge on any atom is 0.221 e. The minimum atomic E-state index is 0.538. The van der Waals surface area contributed by atoms with Gasteiger partial charge in [0.1, 0.15) is 0 Å². The van der Waals surface area contributed by atoms with Crippen molar-refractivity contribution in [2.75, 3.05) is 6.61 Å². The summed E-state index contributed by atoms with van der Waals surface area (Å²) in [5, 5.41) is 2.65. The largest absolute Gasteiger partial charge is 0.477 e. The Kier molecular flexibility index (Phi) is 5.12. The van der Waals surface area contributed by atoms with Gasteiger partial charge in [0.2, 0.25) is 12.3 Å². The van der Waals surface area contributed by atoms with Gasteiger partial charge in [-0.05, 0) is 29.7 Å². The molecule has 2 rings (SSSR count). The fourth-order valence-corrected chi connectivity index (χ4v) is 1.89. The quantitative estimate of drug-likeness (QED) is 0.787. The molecule has 0 aliphatic heterocycles. The van der Waals surface area contributed by atoms with E-state index >= 15 is 0 Å². The SMILES string of the molecule is CCCOc1ncccc1-c1ccc(CNC=O)cc1. The van der Waals surface area contributed by atoms with Crippen LogP contribution in [0.4, 0.5) is 0 Å². The summed E-state index contributed by atoms with van der Waals surface area (Å²) in [5.74, 6) is 0.660. The molecule has 0 saturated carbocycles. The summed E-state index contributed by atoms with van der Waals surface area (Å²) in [4.78, 5) is 14.6. The van der Waals surface area contributed by atoms with Gasteiger partial charge in [0, 0.05) is 18.3 Å². The number of hydrogen-bond donors (Lipinski definition) is 1. The van der Waals surface area contributed by atoms with Crippen LogP contribution in [0.15, 0.2) is 42.6 Å². The Morgan fingerprint density at radius 1 is 1.25 bits per heavy atom. The third kappa shape index (κ3) is 3.57. The maximum atomic E-state index is 10.3. The second-order valence-electron chi connectivity index (χ2n) is 4.40. The molecule has 1 aromatic carbocycles. The van der Waals surface area contributed by atoms with Crippen molar-refractivity contribution >= 4 is 6.41 Å². The molecule has 4 nitrogen and oxygen atoms in total. The average molecular weight is 270 g/mol. The maximum absolute atomic E-state index is 10.3. The Balaban J connectivity index is 2.20. The summed E-state index contributed by atoms with van der Waals surface area (Å²) in [7, 11) is 0. The normalized spacial score (nSPS) is 10.1. The first kappa shape index (κ1) is 14.1. The van der Waals surface area contributed by atoms with Gasteiger partial charge in [-0.25, -0.2) is 4.98 Å². The summed E-state index contributed by atoms with van der Waals surface area (Å²) in [6.07, 6.45) is 3.38. The first-order valence-electron chi connectivity index (χ1n) is 6.69. The van der Waals surface area contributed by atoms with Gasteiger partial charge in [-0.15, -0.1) is 0 Å². The van der Waals surface area contributed by atoms with Crippen LogP contribution < -0.4 is 10.1 Å². The zero-order valence-corrected chi connectivity index (χ0v) is 11.5. The van der Waals surface area contributed by atoms with E-state index in [1.165, 1.54) is 0 Å². The van der Waals surface area contributed by atoms with Crippen molar-refractivity contribution in [3.8, 4) is 17.0 Å². The zero-order chi connectivity index (χ0) is 14.2. The standard InChI is InChI=1S/C16H18N2O2/c1-2-10-20-16-15(4-3-9-18-16)14-7-5-13(6-8-14)11-17-12-19/h3-9,12H,2,10-11H2,1H3,(H,17,19). The molecule has 1 aromatic heterocycles. The number of pyridine rings is 1. The lowest BCUT2D eigenvalue weighted by Gasteiger charge is -2.10. The van der Waals surface area contributed by atoms with Gasteiger partial charge >= 0.3 is 0 Å². The van der Waals surface area contributed by atoms with E-state index in [2.05, 4.69) is 17.2 Å². The molecule has 0 spiro atoms. The van der Waals surface area contributed by atoms with Crippen LogP contribution in [0.1, 0.15) is 18.9 Å². The number of rotatable bonds is 7. The Hall–Kier alpha value is -2.36. The van der Waals surface area contributed by atoms with E-state index in [1.54, 1.807) is 6.20 Å². The molecule has 2 aromatic rings. The van der Waals surface area contributed by atoms with E-state index in [9.17, 15) is 4.79 Å². The van der Waals surface area contributed by atoms with Crippen LogP contribution in [0.5, 0.6) is 5.88 Å². The van der Waals surface area contributed by atoms with Crippen LogP contribution >= 0.6 is 0 Å². The van der Waals surface area contributed by atoms with Crippen molar-refractivity contribution in [2.45, 2.75) is 19.9 Å². The molecule has 4 heteroatoms. The summed E-state index contributed by atoms with van der Waals surface area (Å²) in [5.41, 5.74) is 3.09. The molecular formula is C16H18N2O2. The van der Waals surface area contributed by atoms with Crippen LogP contribution in [0.3, 0.4) is 0 Å². The molecule has 0 saturated heterocycles. The molecule has 20 heavy (non-hydrogen) atoms. The predicted molar refractivity (Wildman–Crippen MR) is 78.4 cm³/mol. The van der Waals surface area contributed by atoms with Crippen LogP contribution in [0.2, 0.25) is 0 Å². The zero-order valence-electron chi connectivity index (χ0n) is 11.5. The number of nitrogens with zero attached hydrogens (tertiary/aromatic N) is 1. The van der Waals surface area contributed by atoms with E-state index < -0.39 is 0 Å². The third-order valence-electron chi connectivity index (χ3n) is 2.87. The first-order chi connectivity index (χ1) is 9.85. The van der Waals surface area contributed by atoms with Gasteiger partial charge in [-0.3, -0.25) is 4.79 Å². The molecule has 0 fully saturated rings. The second-order valence-corrected chi connectivity index (χ2v) is 4.40. The number of benzene rings is 1. The molecule has 0 aliphatic rings. The topological polar surface area (TPSA) is 51.2 Å². The number of hydrogen-bond acceptors (Lipinski definition) is 3. The summed E-state index contributed by atoms with van der Waals surface area (Å²) >= 11 is 0. The third-order valence-corrected chi connectivity index (χ3v) is 2.87. The highest BCUT2D eigenvalue weighted by Gasteiger charge is 2.06. The molecular weight excluding hydrogens is 252 g/mol. The Labute approximate surface area is 118 Å². The van der Waals surface area contributed by atoms with Crippen molar-refractivity contribution in [3.63, 3.8) is 0 Å². The van der Waals surface area contributed by atoms with Gasteiger partial charge in [0.15, 0.2) is 0 Å². The van der Waals surface area contributed by atoms with E-state index in [1.807, 2.05) is 36.4 Å². The van der Waals surface area contributed by atoms with E-state index in [-0.39, 0.29) is 0 Å². The number of aromatic nitrogens is 1. The predicted octanol–water partition coefficient (Wildman–Crippen LogP) is 2.78. The highest BCUT2D eigenvalue weighted by molar-refractivity contribution is 5.68. The number of carbonyl (C=O) groups is 1. The number of ether oxygens (including phenoxy) is 1. The number of nitrogens with one attached hydrogen (secondary N) is 1. The highest BCUT2D eigenvalue weighted by atomic mass is 16.5. The fourth-order valence-electron chi connectivity index (χ4n) is 1.89. The van der Waals surface area contributed by atoms with Crippen LogP contribution in [0.25, 0.3) is 11.1 Å². The molecule has 1 amide bonds. The average Bonchev–Trinajstić information content (AvgIpc) is 2.52. The monoisotopic (exact) mass is 270 g/mol. The molecule has 1 N–H and O–H groups in total. The van der Waals surface area contributed by atoms with Gasteiger partial charge in [-0.1, -0.05) is 31.2 Å². The van der Waals surface area contributed by atoms with E-state index in [0.29, 0.717) is 25.4 Å². The van der Waals surface area contributed by atoms with Crippen molar-refractivity contribution < 1.29 is 9.53 Å². The van der Waals surface area contributed by atoms with Gasteiger partial charge in [0.25, 0.3) is 0 Å². The Morgan fingerprint density at radius 2 is 2.05 bits per heavy atom. The first-order valence-corrected chi connectivity index (χ1v) is 6.69. The van der Waals surface area contributed by atoms with Gasteiger partial charge < -0.3 is 10.1 Å². The van der Waals surface area contributed by atoms with Gasteiger partial charge in [0.05, 0.1) is 6.61 Å². The van der Waals surface area contributed by atoms with Crippen molar-refractivity contribution in [1.82, 2.24) is 10.3 Å². The molecule has 0 unspecified atom stereocenters. The fraction of sp³-hybridized carbons (Fsp3) is 0.250. The molecule has 0 atom stereocenters. The molecule has 104 valence electrons. The Morgan fingerprint density at radius 3 is 2.75 bits per heavy atom. The van der Waals surface area contributed by atoms with Crippen LogP contribution in [0, 0.1) is 0 Å². The molecule has 1 heterocycles. The lowest BCUT2D eigenvalue weighted by molar-refractivity contribution is -0.109. The van der Waals surface area contributed by atoms with E-state index in [0.717, 1.165) is 23.1 Å². The van der Waals surface area contributed by atoms with Crippen LogP contribution in [-0.2, 0) is 11.3 Å². The lowest BCUT2D eigenvalue weighted by Crippen LogP contribution is -2.09. The summed E-state index contributed by atoms with van der Waals surface area (Å²) < 4.78 is 5.67. The summed E-state index contributed by atoms with van der Waals surface area (Å²) in [6, 6.07) is 11.9. The van der Waals surface area contributed by atoms with Crippen LogP contribution in [-0.4, -0.2) is 18.0 Å². The smallest absolute Gasteiger partial charge is 0.221 e. The van der Waals surface area contributed by atoms with E-state index in [4.69, 9.17) is 4.74 Å². The summed E-state index contributed by atoms with van der Waals surface area (Å²) in [6.45, 7) is 3.26. The minimum Gasteiger partial charge on any atom is -0.477 e.